The quantitative estimate of drug-likeness (QED) is 0.513. The lowest BCUT2D eigenvalue weighted by molar-refractivity contribution is -0.142. The van der Waals surface area contributed by atoms with Crippen molar-refractivity contribution in [3.63, 3.8) is 0 Å². The van der Waals surface area contributed by atoms with Crippen LogP contribution in [0.3, 0.4) is 0 Å². The van der Waals surface area contributed by atoms with Gasteiger partial charge in [-0.2, -0.15) is 0 Å². The second-order valence-corrected chi connectivity index (χ2v) is 6.80. The van der Waals surface area contributed by atoms with Crippen LogP contribution in [0.1, 0.15) is 31.8 Å². The molecule has 1 aromatic heterocycles. The number of carbonyl (C=O) groups is 3. The average Bonchev–Trinajstić information content (AvgIpc) is 3.05. The predicted molar refractivity (Wildman–Crippen MR) is 107 cm³/mol. The third-order valence-electron chi connectivity index (χ3n) is 4.93. The van der Waals surface area contributed by atoms with Crippen LogP contribution in [0.25, 0.3) is 11.3 Å². The van der Waals surface area contributed by atoms with Gasteiger partial charge in [0.1, 0.15) is 11.8 Å². The highest BCUT2D eigenvalue weighted by Gasteiger charge is 2.31. The number of esters is 1. The SMILES string of the molecule is COC(=O)[C@H](Cc1cc2c(oc1=O)-c1ccccc1C2=O)NC(=O)c1ccccc1. The summed E-state index contributed by atoms with van der Waals surface area (Å²) in [6.45, 7) is 0. The van der Waals surface area contributed by atoms with E-state index in [1.165, 1.54) is 13.2 Å². The molecule has 3 aromatic rings. The Labute approximate surface area is 171 Å². The van der Waals surface area contributed by atoms with E-state index < -0.39 is 23.5 Å². The van der Waals surface area contributed by atoms with Crippen LogP contribution in [0.5, 0.6) is 0 Å². The van der Waals surface area contributed by atoms with Crippen molar-refractivity contribution >= 4 is 17.7 Å². The number of ketones is 1. The minimum atomic E-state index is -1.12. The van der Waals surface area contributed by atoms with Crippen LogP contribution in [0, 0.1) is 0 Å². The molecule has 7 nitrogen and oxygen atoms in total. The van der Waals surface area contributed by atoms with E-state index in [0.717, 1.165) is 0 Å². The maximum absolute atomic E-state index is 12.7. The molecule has 1 atom stereocenters. The van der Waals surface area contributed by atoms with Crippen LogP contribution < -0.4 is 10.9 Å². The van der Waals surface area contributed by atoms with Gasteiger partial charge in [-0.25, -0.2) is 9.59 Å². The third kappa shape index (κ3) is 3.41. The normalized spacial score (nSPS) is 12.6. The van der Waals surface area contributed by atoms with Gasteiger partial charge >= 0.3 is 11.6 Å². The van der Waals surface area contributed by atoms with E-state index in [1.54, 1.807) is 54.6 Å². The van der Waals surface area contributed by atoms with E-state index in [4.69, 9.17) is 9.15 Å². The fourth-order valence-electron chi connectivity index (χ4n) is 3.43. The standard InChI is InChI=1S/C23H17NO6/c1-29-23(28)18(24-21(26)13-7-3-2-4-8-13)12-14-11-17-19(25)15-9-5-6-10-16(15)20(17)30-22(14)27/h2-11,18H,12H2,1H3,(H,24,26)/t18-/m0/s1. The number of rotatable bonds is 5. The molecule has 7 heteroatoms. The molecular weight excluding hydrogens is 386 g/mol. The number of benzene rings is 2. The summed E-state index contributed by atoms with van der Waals surface area (Å²) in [5.41, 5.74) is 1.04. The van der Waals surface area contributed by atoms with Gasteiger partial charge in [0.05, 0.1) is 12.7 Å². The summed E-state index contributed by atoms with van der Waals surface area (Å²) in [7, 11) is 1.19. The minimum absolute atomic E-state index is 0.0960. The Morgan fingerprint density at radius 3 is 2.33 bits per heavy atom. The molecule has 1 aliphatic rings. The molecule has 0 fully saturated rings. The lowest BCUT2D eigenvalue weighted by Crippen LogP contribution is -2.43. The summed E-state index contributed by atoms with van der Waals surface area (Å²) in [6.07, 6.45) is -0.176. The highest BCUT2D eigenvalue weighted by Crippen LogP contribution is 2.35. The lowest BCUT2D eigenvalue weighted by Gasteiger charge is -2.16. The van der Waals surface area contributed by atoms with Gasteiger partial charge in [0.25, 0.3) is 5.91 Å². The van der Waals surface area contributed by atoms with Crippen LogP contribution in [-0.2, 0) is 16.0 Å². The molecule has 4 rings (SSSR count). The maximum Gasteiger partial charge on any atom is 0.339 e. The molecule has 0 unspecified atom stereocenters. The van der Waals surface area contributed by atoms with Crippen molar-refractivity contribution in [2.45, 2.75) is 12.5 Å². The summed E-state index contributed by atoms with van der Waals surface area (Å²) >= 11 is 0. The molecule has 0 saturated heterocycles. The summed E-state index contributed by atoms with van der Waals surface area (Å²) in [5, 5.41) is 2.58. The van der Waals surface area contributed by atoms with E-state index in [2.05, 4.69) is 5.32 Å². The van der Waals surface area contributed by atoms with Gasteiger partial charge in [0, 0.05) is 28.7 Å². The largest absolute Gasteiger partial charge is 0.467 e. The van der Waals surface area contributed by atoms with Crippen molar-refractivity contribution in [2.75, 3.05) is 7.11 Å². The van der Waals surface area contributed by atoms with Crippen LogP contribution in [0.2, 0.25) is 0 Å². The predicted octanol–water partition coefficient (Wildman–Crippen LogP) is 2.37. The summed E-state index contributed by atoms with van der Waals surface area (Å²) < 4.78 is 10.2. The van der Waals surface area contributed by atoms with Crippen molar-refractivity contribution in [2.24, 2.45) is 0 Å². The fraction of sp³-hybridized carbons (Fsp3) is 0.130. The van der Waals surface area contributed by atoms with E-state index in [1.807, 2.05) is 0 Å². The Morgan fingerprint density at radius 1 is 0.967 bits per heavy atom. The molecule has 0 radical (unpaired) electrons. The van der Waals surface area contributed by atoms with Gasteiger partial charge in [0.15, 0.2) is 5.78 Å². The summed E-state index contributed by atoms with van der Waals surface area (Å²) in [4.78, 5) is 49.9. The van der Waals surface area contributed by atoms with Gasteiger partial charge < -0.3 is 14.5 Å². The Bertz CT molecular complexity index is 1210. The van der Waals surface area contributed by atoms with Crippen LogP contribution in [0.4, 0.5) is 0 Å². The molecule has 1 aliphatic carbocycles. The number of carbonyl (C=O) groups excluding carboxylic acids is 3. The van der Waals surface area contributed by atoms with Crippen molar-refractivity contribution in [3.05, 3.63) is 93.3 Å². The zero-order chi connectivity index (χ0) is 21.3. The first-order chi connectivity index (χ1) is 14.5. The van der Waals surface area contributed by atoms with Gasteiger partial charge in [0.2, 0.25) is 0 Å². The van der Waals surface area contributed by atoms with Gasteiger partial charge in [-0.1, -0.05) is 42.5 Å². The van der Waals surface area contributed by atoms with Crippen molar-refractivity contribution in [1.82, 2.24) is 5.32 Å². The number of fused-ring (bicyclic) bond motifs is 3. The highest BCUT2D eigenvalue weighted by molar-refractivity contribution is 6.20. The minimum Gasteiger partial charge on any atom is -0.467 e. The van der Waals surface area contributed by atoms with Gasteiger partial charge in [-0.3, -0.25) is 9.59 Å². The Hall–Kier alpha value is -4.00. The van der Waals surface area contributed by atoms with Crippen LogP contribution in [-0.4, -0.2) is 30.8 Å². The first-order valence-corrected chi connectivity index (χ1v) is 9.24. The Morgan fingerprint density at radius 2 is 1.63 bits per heavy atom. The van der Waals surface area contributed by atoms with Crippen LogP contribution >= 0.6 is 0 Å². The lowest BCUT2D eigenvalue weighted by atomic mass is 10.0. The van der Waals surface area contributed by atoms with Gasteiger partial charge in [-0.05, 0) is 18.2 Å². The molecule has 1 amide bonds. The van der Waals surface area contributed by atoms with E-state index in [-0.39, 0.29) is 29.1 Å². The molecule has 0 spiro atoms. The zero-order valence-corrected chi connectivity index (χ0v) is 16.0. The molecule has 1 N–H and O–H groups in total. The summed E-state index contributed by atoms with van der Waals surface area (Å²) in [6, 6.07) is 15.5. The average molecular weight is 403 g/mol. The number of ether oxygens (including phenoxy) is 1. The van der Waals surface area contributed by atoms with Crippen molar-refractivity contribution in [1.29, 1.82) is 0 Å². The second-order valence-electron chi connectivity index (χ2n) is 6.80. The highest BCUT2D eigenvalue weighted by atomic mass is 16.5. The van der Waals surface area contributed by atoms with E-state index >= 15 is 0 Å². The smallest absolute Gasteiger partial charge is 0.339 e. The molecule has 1 heterocycles. The van der Waals surface area contributed by atoms with Crippen molar-refractivity contribution < 1.29 is 23.5 Å². The second kappa shape index (κ2) is 7.79. The Balaban J connectivity index is 1.65. The van der Waals surface area contributed by atoms with E-state index in [0.29, 0.717) is 16.7 Å². The monoisotopic (exact) mass is 403 g/mol. The number of nitrogens with one attached hydrogen (secondary N) is 1. The van der Waals surface area contributed by atoms with Gasteiger partial charge in [-0.15, -0.1) is 0 Å². The number of methoxy groups -OCH3 is 1. The molecule has 0 saturated carbocycles. The number of hydrogen-bond acceptors (Lipinski definition) is 6. The number of amides is 1. The number of hydrogen-bond donors (Lipinski definition) is 1. The fourth-order valence-corrected chi connectivity index (χ4v) is 3.43. The molecule has 0 bridgehead atoms. The third-order valence-corrected chi connectivity index (χ3v) is 4.93. The first kappa shape index (κ1) is 19.3. The molecule has 30 heavy (non-hydrogen) atoms. The summed E-state index contributed by atoms with van der Waals surface area (Å²) in [5.74, 6) is -1.24. The zero-order valence-electron chi connectivity index (χ0n) is 16.0. The molecular formula is C23H17NO6. The molecule has 2 aromatic carbocycles. The Kier molecular flexibility index (Phi) is 5.02. The molecule has 150 valence electrons. The van der Waals surface area contributed by atoms with E-state index in [9.17, 15) is 19.2 Å². The topological polar surface area (TPSA) is 103 Å². The van der Waals surface area contributed by atoms with Crippen molar-refractivity contribution in [3.8, 4) is 11.3 Å². The van der Waals surface area contributed by atoms with Crippen LogP contribution in [0.15, 0.2) is 69.9 Å². The maximum atomic E-state index is 12.7. The first-order valence-electron chi connectivity index (χ1n) is 9.24. The molecule has 0 aliphatic heterocycles.